The predicted octanol–water partition coefficient (Wildman–Crippen LogP) is 2.96. The highest BCUT2D eigenvalue weighted by Gasteiger charge is 2.33. The molecular formula is C22H25F2N3O4S. The quantitative estimate of drug-likeness (QED) is 0.642. The summed E-state index contributed by atoms with van der Waals surface area (Å²) in [4.78, 5) is 24.1. The Kier molecular flexibility index (Phi) is 7.57. The van der Waals surface area contributed by atoms with E-state index >= 15 is 0 Å². The van der Waals surface area contributed by atoms with Gasteiger partial charge in [0.25, 0.3) is 0 Å². The molecule has 0 aliphatic carbocycles. The fraction of sp³-hybridized carbons (Fsp3) is 0.364. The van der Waals surface area contributed by atoms with Crippen molar-refractivity contribution in [3.8, 4) is 0 Å². The molecule has 1 aliphatic rings. The first kappa shape index (κ1) is 23.8. The Balaban J connectivity index is 1.60. The molecule has 0 spiro atoms. The van der Waals surface area contributed by atoms with Crippen molar-refractivity contribution in [2.45, 2.75) is 43.5 Å². The highest BCUT2D eigenvalue weighted by Crippen LogP contribution is 2.27. The zero-order valence-corrected chi connectivity index (χ0v) is 18.4. The van der Waals surface area contributed by atoms with Gasteiger partial charge in [-0.2, -0.15) is 4.31 Å². The van der Waals surface area contributed by atoms with Crippen LogP contribution in [0.2, 0.25) is 0 Å². The number of piperidine rings is 1. The Morgan fingerprint density at radius 2 is 1.88 bits per heavy atom. The largest absolute Gasteiger partial charge is 0.348 e. The third-order valence-corrected chi connectivity index (χ3v) is 7.31. The highest BCUT2D eigenvalue weighted by atomic mass is 32.2. The lowest BCUT2D eigenvalue weighted by atomic mass is 10.0. The molecule has 2 aromatic carbocycles. The molecule has 3 rings (SSSR count). The Labute approximate surface area is 185 Å². The molecular weight excluding hydrogens is 440 g/mol. The second-order valence-corrected chi connectivity index (χ2v) is 9.58. The van der Waals surface area contributed by atoms with Gasteiger partial charge in [0.2, 0.25) is 10.0 Å². The Hall–Kier alpha value is -2.85. The number of amides is 2. The molecule has 2 aromatic rings. The lowest BCUT2D eigenvalue weighted by molar-refractivity contribution is -0.136. The van der Waals surface area contributed by atoms with Crippen molar-refractivity contribution >= 4 is 27.5 Å². The van der Waals surface area contributed by atoms with Crippen LogP contribution in [-0.4, -0.2) is 43.7 Å². The molecule has 0 aromatic heterocycles. The molecule has 0 unspecified atom stereocenters. The summed E-state index contributed by atoms with van der Waals surface area (Å²) in [6.45, 7) is 1.93. The van der Waals surface area contributed by atoms with Crippen LogP contribution in [0, 0.1) is 18.6 Å². The summed E-state index contributed by atoms with van der Waals surface area (Å²) in [6, 6.07) is 8.51. The number of halogens is 2. The molecule has 2 N–H and O–H groups in total. The Morgan fingerprint density at radius 1 is 1.09 bits per heavy atom. The van der Waals surface area contributed by atoms with Crippen LogP contribution in [-0.2, 0) is 19.6 Å². The summed E-state index contributed by atoms with van der Waals surface area (Å²) in [6.07, 6.45) is 2.48. The number of sulfonamides is 1. The van der Waals surface area contributed by atoms with Gasteiger partial charge in [-0.05, 0) is 68.1 Å². The van der Waals surface area contributed by atoms with Crippen LogP contribution in [0.25, 0.3) is 0 Å². The lowest BCUT2D eigenvalue weighted by Crippen LogP contribution is -2.45. The van der Waals surface area contributed by atoms with Crippen molar-refractivity contribution in [1.29, 1.82) is 0 Å². The van der Waals surface area contributed by atoms with Crippen molar-refractivity contribution < 1.29 is 26.8 Å². The molecule has 32 heavy (non-hydrogen) atoms. The normalized spacial score (nSPS) is 17.0. The van der Waals surface area contributed by atoms with Crippen LogP contribution in [0.15, 0.2) is 47.4 Å². The van der Waals surface area contributed by atoms with Crippen LogP contribution < -0.4 is 10.6 Å². The van der Waals surface area contributed by atoms with E-state index in [1.807, 2.05) is 0 Å². The van der Waals surface area contributed by atoms with Gasteiger partial charge in [0.15, 0.2) is 0 Å². The smallest absolute Gasteiger partial charge is 0.313 e. The number of benzene rings is 2. The van der Waals surface area contributed by atoms with Gasteiger partial charge in [0, 0.05) is 24.8 Å². The number of aryl methyl sites for hydroxylation is 1. The van der Waals surface area contributed by atoms with Gasteiger partial charge < -0.3 is 10.6 Å². The SMILES string of the molecule is Cc1cc(S(=O)(=O)N2CCCC[C@H]2CCNC(=O)C(=O)Nc2cccc(F)c2)ccc1F. The molecule has 1 heterocycles. The molecule has 1 atom stereocenters. The molecule has 172 valence electrons. The average molecular weight is 466 g/mol. The minimum Gasteiger partial charge on any atom is -0.348 e. The van der Waals surface area contributed by atoms with Crippen molar-refractivity contribution in [3.05, 3.63) is 59.7 Å². The van der Waals surface area contributed by atoms with Crippen LogP contribution in [0.5, 0.6) is 0 Å². The fourth-order valence-electron chi connectivity index (χ4n) is 3.68. The van der Waals surface area contributed by atoms with E-state index in [0.29, 0.717) is 25.8 Å². The van der Waals surface area contributed by atoms with E-state index in [2.05, 4.69) is 10.6 Å². The topological polar surface area (TPSA) is 95.6 Å². The van der Waals surface area contributed by atoms with Crippen LogP contribution in [0.1, 0.15) is 31.2 Å². The number of nitrogens with zero attached hydrogens (tertiary/aromatic N) is 1. The second-order valence-electron chi connectivity index (χ2n) is 7.69. The molecule has 1 aliphatic heterocycles. The van der Waals surface area contributed by atoms with Gasteiger partial charge in [-0.25, -0.2) is 17.2 Å². The Bertz CT molecular complexity index is 1110. The molecule has 10 heteroatoms. The van der Waals surface area contributed by atoms with Crippen LogP contribution in [0.3, 0.4) is 0 Å². The van der Waals surface area contributed by atoms with E-state index in [1.54, 1.807) is 0 Å². The average Bonchev–Trinajstić information content (AvgIpc) is 2.75. The first-order valence-electron chi connectivity index (χ1n) is 10.3. The van der Waals surface area contributed by atoms with Gasteiger partial charge >= 0.3 is 11.8 Å². The van der Waals surface area contributed by atoms with Gasteiger partial charge in [0.05, 0.1) is 4.90 Å². The minimum absolute atomic E-state index is 0.0295. The van der Waals surface area contributed by atoms with Gasteiger partial charge in [0.1, 0.15) is 11.6 Å². The number of hydrogen-bond donors (Lipinski definition) is 2. The van der Waals surface area contributed by atoms with Crippen molar-refractivity contribution in [2.24, 2.45) is 0 Å². The van der Waals surface area contributed by atoms with Gasteiger partial charge in [-0.15, -0.1) is 0 Å². The monoisotopic (exact) mass is 465 g/mol. The molecule has 0 bridgehead atoms. The standard InChI is InChI=1S/C22H25F2N3O4S/c1-15-13-19(8-9-20(15)24)32(30,31)27-12-3-2-7-18(27)10-11-25-21(28)22(29)26-17-6-4-5-16(23)14-17/h4-6,8-9,13-14,18H,2-3,7,10-12H2,1H3,(H,25,28)(H,26,29)/t18-/m0/s1. The van der Waals surface area contributed by atoms with Crippen molar-refractivity contribution in [2.75, 3.05) is 18.4 Å². The zero-order valence-electron chi connectivity index (χ0n) is 17.6. The van der Waals surface area contributed by atoms with Crippen molar-refractivity contribution in [1.82, 2.24) is 9.62 Å². The number of nitrogens with one attached hydrogen (secondary N) is 2. The summed E-state index contributed by atoms with van der Waals surface area (Å²) >= 11 is 0. The van der Waals surface area contributed by atoms with E-state index in [9.17, 15) is 26.8 Å². The minimum atomic E-state index is -3.82. The molecule has 7 nitrogen and oxygen atoms in total. The maximum absolute atomic E-state index is 13.6. The molecule has 0 saturated carbocycles. The van der Waals surface area contributed by atoms with E-state index in [1.165, 1.54) is 41.6 Å². The molecule has 2 amide bonds. The summed E-state index contributed by atoms with van der Waals surface area (Å²) in [7, 11) is -3.82. The number of carbonyl (C=O) groups is 2. The number of hydrogen-bond acceptors (Lipinski definition) is 4. The lowest BCUT2D eigenvalue weighted by Gasteiger charge is -2.34. The summed E-state index contributed by atoms with van der Waals surface area (Å²) in [5, 5.41) is 4.78. The zero-order chi connectivity index (χ0) is 23.3. The third-order valence-electron chi connectivity index (χ3n) is 5.36. The summed E-state index contributed by atoms with van der Waals surface area (Å²) in [5.74, 6) is -2.85. The number of rotatable bonds is 6. The fourth-order valence-corrected chi connectivity index (χ4v) is 5.49. The van der Waals surface area contributed by atoms with E-state index in [-0.39, 0.29) is 28.7 Å². The van der Waals surface area contributed by atoms with Gasteiger partial charge in [-0.3, -0.25) is 9.59 Å². The van der Waals surface area contributed by atoms with Crippen molar-refractivity contribution in [3.63, 3.8) is 0 Å². The first-order chi connectivity index (χ1) is 15.2. The Morgan fingerprint density at radius 3 is 2.59 bits per heavy atom. The summed E-state index contributed by atoms with van der Waals surface area (Å²) in [5.41, 5.74) is 0.403. The van der Waals surface area contributed by atoms with Crippen LogP contribution in [0.4, 0.5) is 14.5 Å². The van der Waals surface area contributed by atoms with E-state index in [0.717, 1.165) is 18.6 Å². The number of anilines is 1. The molecule has 0 radical (unpaired) electrons. The summed E-state index contributed by atoms with van der Waals surface area (Å²) < 4.78 is 54.4. The predicted molar refractivity (Wildman–Crippen MR) is 115 cm³/mol. The van der Waals surface area contributed by atoms with E-state index < -0.39 is 33.5 Å². The maximum atomic E-state index is 13.6. The third kappa shape index (κ3) is 5.68. The highest BCUT2D eigenvalue weighted by molar-refractivity contribution is 7.89. The molecule has 1 fully saturated rings. The van der Waals surface area contributed by atoms with E-state index in [4.69, 9.17) is 0 Å². The molecule has 1 saturated heterocycles. The number of carbonyl (C=O) groups excluding carboxylic acids is 2. The second kappa shape index (κ2) is 10.2. The maximum Gasteiger partial charge on any atom is 0.313 e. The first-order valence-corrected chi connectivity index (χ1v) is 11.8. The van der Waals surface area contributed by atoms with Gasteiger partial charge in [-0.1, -0.05) is 12.5 Å². The van der Waals surface area contributed by atoms with Crippen LogP contribution >= 0.6 is 0 Å².